The van der Waals surface area contributed by atoms with E-state index < -0.39 is 0 Å². The maximum Gasteiger partial charge on any atom is 0.223 e. The molecule has 1 aromatic rings. The maximum atomic E-state index is 11.7. The van der Waals surface area contributed by atoms with Crippen molar-refractivity contribution in [2.75, 3.05) is 58.9 Å². The molecule has 0 atom stereocenters. The Morgan fingerprint density at radius 3 is 2.33 bits per heavy atom. The molecule has 0 aromatic heterocycles. The highest BCUT2D eigenvalue weighted by molar-refractivity contribution is 14.0. The van der Waals surface area contributed by atoms with E-state index in [0.29, 0.717) is 13.1 Å². The van der Waals surface area contributed by atoms with Crippen LogP contribution in [0, 0.1) is 5.92 Å². The van der Waals surface area contributed by atoms with Gasteiger partial charge in [0, 0.05) is 64.8 Å². The second kappa shape index (κ2) is 13.8. The molecule has 7 nitrogen and oxygen atoms in total. The van der Waals surface area contributed by atoms with Crippen LogP contribution in [0.2, 0.25) is 0 Å². The van der Waals surface area contributed by atoms with E-state index in [-0.39, 0.29) is 35.8 Å². The summed E-state index contributed by atoms with van der Waals surface area (Å²) in [5, 5.41) is 9.56. The lowest BCUT2D eigenvalue weighted by atomic mass is 10.2. The van der Waals surface area contributed by atoms with Gasteiger partial charge in [-0.15, -0.1) is 24.0 Å². The molecule has 0 radical (unpaired) electrons. The van der Waals surface area contributed by atoms with Crippen molar-refractivity contribution in [3.63, 3.8) is 0 Å². The number of nitrogens with one attached hydrogen (secondary N) is 3. The summed E-state index contributed by atoms with van der Waals surface area (Å²) in [5.41, 5.74) is 1.39. The largest absolute Gasteiger partial charge is 0.357 e. The van der Waals surface area contributed by atoms with Crippen molar-refractivity contribution >= 4 is 35.8 Å². The van der Waals surface area contributed by atoms with Gasteiger partial charge in [0.25, 0.3) is 0 Å². The van der Waals surface area contributed by atoms with E-state index in [1.54, 1.807) is 0 Å². The Bertz CT molecular complexity index is 644. The molecule has 0 spiro atoms. The van der Waals surface area contributed by atoms with Gasteiger partial charge < -0.3 is 16.0 Å². The van der Waals surface area contributed by atoms with Crippen LogP contribution in [-0.4, -0.2) is 80.6 Å². The summed E-state index contributed by atoms with van der Waals surface area (Å²) in [6, 6.07) is 10.7. The standard InChI is InChI=1S/C22H36N6O.HI/c1-2-23-22(25-11-10-24-21(29)20-8-9-20)26-12-13-27-14-16-28(17-15-27)18-19-6-4-3-5-7-19;/h3-7,20H,2,8-18H2,1H3,(H,24,29)(H2,23,25,26);1H. The summed E-state index contributed by atoms with van der Waals surface area (Å²) in [6.45, 7) is 11.4. The zero-order valence-corrected chi connectivity index (χ0v) is 20.4. The van der Waals surface area contributed by atoms with Crippen molar-refractivity contribution in [3.8, 4) is 0 Å². The zero-order chi connectivity index (χ0) is 20.3. The van der Waals surface area contributed by atoms with Crippen LogP contribution in [0.25, 0.3) is 0 Å². The van der Waals surface area contributed by atoms with Gasteiger partial charge in [-0.05, 0) is 25.3 Å². The number of guanidine groups is 1. The third kappa shape index (κ3) is 9.18. The lowest BCUT2D eigenvalue weighted by molar-refractivity contribution is -0.122. The summed E-state index contributed by atoms with van der Waals surface area (Å²) in [5.74, 6) is 1.29. The van der Waals surface area contributed by atoms with Crippen LogP contribution in [-0.2, 0) is 11.3 Å². The summed E-state index contributed by atoms with van der Waals surface area (Å²) in [7, 11) is 0. The van der Waals surface area contributed by atoms with Crippen LogP contribution in [0.5, 0.6) is 0 Å². The molecule has 1 amide bonds. The van der Waals surface area contributed by atoms with Gasteiger partial charge >= 0.3 is 0 Å². The number of hydrogen-bond acceptors (Lipinski definition) is 4. The van der Waals surface area contributed by atoms with Crippen LogP contribution >= 0.6 is 24.0 Å². The van der Waals surface area contributed by atoms with Gasteiger partial charge in [-0.25, -0.2) is 0 Å². The number of amides is 1. The second-order valence-electron chi connectivity index (χ2n) is 7.86. The Morgan fingerprint density at radius 2 is 1.67 bits per heavy atom. The minimum atomic E-state index is 0. The summed E-state index contributed by atoms with van der Waals surface area (Å²) in [4.78, 5) is 21.4. The Labute approximate surface area is 198 Å². The van der Waals surface area contributed by atoms with Gasteiger partial charge in [0.1, 0.15) is 0 Å². The SMILES string of the molecule is CCNC(=NCCN1CCN(Cc2ccccc2)CC1)NCCNC(=O)C1CC1.I. The maximum absolute atomic E-state index is 11.7. The fourth-order valence-electron chi connectivity index (χ4n) is 3.51. The number of piperazine rings is 1. The normalized spacial score (nSPS) is 17.8. The predicted octanol–water partition coefficient (Wildman–Crippen LogP) is 1.50. The Kier molecular flexibility index (Phi) is 11.5. The molecule has 1 aliphatic heterocycles. The fraction of sp³-hybridized carbons (Fsp3) is 0.636. The number of aliphatic imine (C=N–C) groups is 1. The first kappa shape index (κ1) is 24.9. The molecule has 1 aromatic carbocycles. The van der Waals surface area contributed by atoms with Crippen molar-refractivity contribution in [3.05, 3.63) is 35.9 Å². The first-order valence-electron chi connectivity index (χ1n) is 11.0. The predicted molar refractivity (Wildman–Crippen MR) is 133 cm³/mol. The van der Waals surface area contributed by atoms with Crippen LogP contribution < -0.4 is 16.0 Å². The molecule has 1 saturated heterocycles. The van der Waals surface area contributed by atoms with Crippen LogP contribution in [0.1, 0.15) is 25.3 Å². The fourth-order valence-corrected chi connectivity index (χ4v) is 3.51. The first-order valence-corrected chi connectivity index (χ1v) is 11.0. The molecule has 3 rings (SSSR count). The number of carbonyl (C=O) groups is 1. The smallest absolute Gasteiger partial charge is 0.223 e. The third-order valence-corrected chi connectivity index (χ3v) is 5.41. The number of nitrogens with zero attached hydrogens (tertiary/aromatic N) is 3. The van der Waals surface area contributed by atoms with Crippen molar-refractivity contribution in [1.29, 1.82) is 0 Å². The highest BCUT2D eigenvalue weighted by Gasteiger charge is 2.28. The van der Waals surface area contributed by atoms with E-state index in [0.717, 1.165) is 71.2 Å². The zero-order valence-electron chi connectivity index (χ0n) is 18.1. The number of carbonyl (C=O) groups excluding carboxylic acids is 1. The first-order chi connectivity index (χ1) is 14.2. The monoisotopic (exact) mass is 528 g/mol. The van der Waals surface area contributed by atoms with E-state index >= 15 is 0 Å². The summed E-state index contributed by atoms with van der Waals surface area (Å²) >= 11 is 0. The average Bonchev–Trinajstić information content (AvgIpc) is 3.58. The molecule has 168 valence electrons. The molecule has 1 heterocycles. The van der Waals surface area contributed by atoms with E-state index in [2.05, 4.69) is 68.0 Å². The molecule has 2 aliphatic rings. The van der Waals surface area contributed by atoms with Gasteiger partial charge in [-0.1, -0.05) is 30.3 Å². The van der Waals surface area contributed by atoms with Crippen molar-refractivity contribution in [1.82, 2.24) is 25.8 Å². The third-order valence-electron chi connectivity index (χ3n) is 5.41. The molecular formula is C22H37IN6O. The summed E-state index contributed by atoms with van der Waals surface area (Å²) in [6.07, 6.45) is 2.09. The van der Waals surface area contributed by atoms with Gasteiger partial charge in [0.2, 0.25) is 5.91 Å². The van der Waals surface area contributed by atoms with Crippen LogP contribution in [0.15, 0.2) is 35.3 Å². The lowest BCUT2D eigenvalue weighted by Gasteiger charge is -2.34. The second-order valence-corrected chi connectivity index (χ2v) is 7.86. The van der Waals surface area contributed by atoms with Gasteiger partial charge in [0.05, 0.1) is 6.54 Å². The minimum absolute atomic E-state index is 0. The number of halogens is 1. The average molecular weight is 528 g/mol. The molecule has 8 heteroatoms. The highest BCUT2D eigenvalue weighted by Crippen LogP contribution is 2.28. The number of hydrogen-bond donors (Lipinski definition) is 3. The minimum Gasteiger partial charge on any atom is -0.357 e. The Morgan fingerprint density at radius 1 is 1.00 bits per heavy atom. The van der Waals surface area contributed by atoms with Gasteiger partial charge in [-0.2, -0.15) is 0 Å². The summed E-state index contributed by atoms with van der Waals surface area (Å²) < 4.78 is 0. The van der Waals surface area contributed by atoms with E-state index in [1.807, 2.05) is 0 Å². The highest BCUT2D eigenvalue weighted by atomic mass is 127. The molecule has 3 N–H and O–H groups in total. The number of rotatable bonds is 10. The van der Waals surface area contributed by atoms with E-state index in [4.69, 9.17) is 0 Å². The Hall–Kier alpha value is -1.39. The van der Waals surface area contributed by atoms with Crippen LogP contribution in [0.3, 0.4) is 0 Å². The molecule has 1 aliphatic carbocycles. The number of benzene rings is 1. The Balaban J connectivity index is 0.00000320. The molecular weight excluding hydrogens is 491 g/mol. The van der Waals surface area contributed by atoms with Gasteiger partial charge in [0.15, 0.2) is 5.96 Å². The molecule has 2 fully saturated rings. The van der Waals surface area contributed by atoms with Crippen molar-refractivity contribution in [2.24, 2.45) is 10.9 Å². The quantitative estimate of drug-likeness (QED) is 0.186. The molecule has 0 bridgehead atoms. The van der Waals surface area contributed by atoms with Crippen LogP contribution in [0.4, 0.5) is 0 Å². The molecule has 0 unspecified atom stereocenters. The van der Waals surface area contributed by atoms with E-state index in [1.165, 1.54) is 5.56 Å². The van der Waals surface area contributed by atoms with Gasteiger partial charge in [-0.3, -0.25) is 19.6 Å². The topological polar surface area (TPSA) is 72.0 Å². The van der Waals surface area contributed by atoms with E-state index in [9.17, 15) is 4.79 Å². The van der Waals surface area contributed by atoms with Crippen molar-refractivity contribution < 1.29 is 4.79 Å². The molecule has 1 saturated carbocycles. The van der Waals surface area contributed by atoms with Crippen molar-refractivity contribution in [2.45, 2.75) is 26.3 Å². The molecule has 30 heavy (non-hydrogen) atoms. The lowest BCUT2D eigenvalue weighted by Crippen LogP contribution is -2.47.